The topological polar surface area (TPSA) is 42.0 Å². The molecule has 5 nitrogen and oxygen atoms in total. The SMILES string of the molecule is COc1ccccc1OCC(=O)N1CCN(c2c(C)cccc2C(C)C)CC1. The Morgan fingerprint density at radius 2 is 1.68 bits per heavy atom. The van der Waals surface area contributed by atoms with Gasteiger partial charge in [0, 0.05) is 31.9 Å². The van der Waals surface area contributed by atoms with Gasteiger partial charge in [0.25, 0.3) is 5.91 Å². The first-order chi connectivity index (χ1) is 13.5. The summed E-state index contributed by atoms with van der Waals surface area (Å²) < 4.78 is 11.0. The number of para-hydroxylation sites is 3. The molecule has 1 saturated heterocycles. The van der Waals surface area contributed by atoms with Gasteiger partial charge in [-0.15, -0.1) is 0 Å². The molecule has 0 aromatic heterocycles. The smallest absolute Gasteiger partial charge is 0.260 e. The third-order valence-electron chi connectivity index (χ3n) is 5.26. The predicted molar refractivity (Wildman–Crippen MR) is 113 cm³/mol. The Bertz CT molecular complexity index is 811. The van der Waals surface area contributed by atoms with Crippen molar-refractivity contribution in [1.29, 1.82) is 0 Å². The summed E-state index contributed by atoms with van der Waals surface area (Å²) in [6.45, 7) is 9.75. The zero-order chi connectivity index (χ0) is 20.1. The number of ether oxygens (including phenoxy) is 2. The van der Waals surface area contributed by atoms with Crippen molar-refractivity contribution < 1.29 is 14.3 Å². The summed E-state index contributed by atoms with van der Waals surface area (Å²) in [4.78, 5) is 16.9. The number of benzene rings is 2. The van der Waals surface area contributed by atoms with E-state index < -0.39 is 0 Å². The molecule has 2 aromatic carbocycles. The summed E-state index contributed by atoms with van der Waals surface area (Å²) in [6, 6.07) is 13.9. The monoisotopic (exact) mass is 382 g/mol. The number of methoxy groups -OCH3 is 1. The van der Waals surface area contributed by atoms with Gasteiger partial charge in [-0.2, -0.15) is 0 Å². The van der Waals surface area contributed by atoms with Crippen LogP contribution in [0, 0.1) is 6.92 Å². The first-order valence-corrected chi connectivity index (χ1v) is 9.89. The van der Waals surface area contributed by atoms with Gasteiger partial charge in [0.15, 0.2) is 18.1 Å². The molecule has 1 amide bonds. The van der Waals surface area contributed by atoms with Crippen LogP contribution in [0.4, 0.5) is 5.69 Å². The van der Waals surface area contributed by atoms with Crippen LogP contribution < -0.4 is 14.4 Å². The normalized spacial score (nSPS) is 14.3. The molecule has 2 aromatic rings. The van der Waals surface area contributed by atoms with E-state index >= 15 is 0 Å². The second-order valence-corrected chi connectivity index (χ2v) is 7.47. The minimum absolute atomic E-state index is 0.0134. The quantitative estimate of drug-likeness (QED) is 0.761. The number of aryl methyl sites for hydroxylation is 1. The van der Waals surface area contributed by atoms with Gasteiger partial charge in [0.2, 0.25) is 0 Å². The van der Waals surface area contributed by atoms with E-state index in [0.29, 0.717) is 30.5 Å². The van der Waals surface area contributed by atoms with Crippen LogP contribution in [-0.4, -0.2) is 50.7 Å². The minimum atomic E-state index is 0.0134. The molecule has 3 rings (SSSR count). The zero-order valence-electron chi connectivity index (χ0n) is 17.3. The maximum atomic E-state index is 12.6. The van der Waals surface area contributed by atoms with E-state index in [1.54, 1.807) is 7.11 Å². The molecular weight excluding hydrogens is 352 g/mol. The highest BCUT2D eigenvalue weighted by Crippen LogP contribution is 2.31. The van der Waals surface area contributed by atoms with Crippen molar-refractivity contribution >= 4 is 11.6 Å². The first kappa shape index (κ1) is 20.1. The van der Waals surface area contributed by atoms with Crippen LogP contribution in [0.5, 0.6) is 11.5 Å². The summed E-state index contributed by atoms with van der Waals surface area (Å²) in [5.74, 6) is 1.72. The standard InChI is InChI=1S/C23H30N2O3/c1-17(2)19-9-7-8-18(3)23(19)25-14-12-24(13-15-25)22(26)16-28-21-11-6-5-10-20(21)27-4/h5-11,17H,12-16H2,1-4H3. The van der Waals surface area contributed by atoms with Gasteiger partial charge in [-0.1, -0.05) is 44.2 Å². The minimum Gasteiger partial charge on any atom is -0.493 e. The fourth-order valence-corrected chi connectivity index (χ4v) is 3.73. The number of carbonyl (C=O) groups excluding carboxylic acids is 1. The van der Waals surface area contributed by atoms with Gasteiger partial charge < -0.3 is 19.3 Å². The molecule has 0 aliphatic carbocycles. The molecule has 1 fully saturated rings. The molecule has 0 unspecified atom stereocenters. The molecule has 0 saturated carbocycles. The number of rotatable bonds is 6. The summed E-state index contributed by atoms with van der Waals surface area (Å²) in [7, 11) is 1.60. The van der Waals surface area contributed by atoms with E-state index in [9.17, 15) is 4.79 Å². The Morgan fingerprint density at radius 3 is 2.32 bits per heavy atom. The summed E-state index contributed by atoms with van der Waals surface area (Å²) in [5, 5.41) is 0. The Kier molecular flexibility index (Phi) is 6.45. The summed E-state index contributed by atoms with van der Waals surface area (Å²) >= 11 is 0. The van der Waals surface area contributed by atoms with E-state index in [-0.39, 0.29) is 12.5 Å². The van der Waals surface area contributed by atoms with Crippen molar-refractivity contribution in [3.8, 4) is 11.5 Å². The molecule has 0 bridgehead atoms. The lowest BCUT2D eigenvalue weighted by molar-refractivity contribution is -0.133. The highest BCUT2D eigenvalue weighted by molar-refractivity contribution is 5.78. The van der Waals surface area contributed by atoms with Crippen LogP contribution in [0.25, 0.3) is 0 Å². The number of amides is 1. The third-order valence-corrected chi connectivity index (χ3v) is 5.26. The fourth-order valence-electron chi connectivity index (χ4n) is 3.73. The van der Waals surface area contributed by atoms with E-state index in [2.05, 4.69) is 43.9 Å². The van der Waals surface area contributed by atoms with Crippen molar-refractivity contribution in [2.75, 3.05) is 44.8 Å². The zero-order valence-corrected chi connectivity index (χ0v) is 17.3. The summed E-state index contributed by atoms with van der Waals surface area (Å²) in [5.41, 5.74) is 4.00. The Labute approximate surface area is 167 Å². The summed E-state index contributed by atoms with van der Waals surface area (Å²) in [6.07, 6.45) is 0. The molecule has 0 spiro atoms. The molecule has 1 aliphatic rings. The Balaban J connectivity index is 1.59. The lowest BCUT2D eigenvalue weighted by Gasteiger charge is -2.38. The van der Waals surface area contributed by atoms with Crippen LogP contribution in [0.1, 0.15) is 30.9 Å². The lowest BCUT2D eigenvalue weighted by Crippen LogP contribution is -2.50. The van der Waals surface area contributed by atoms with Crippen LogP contribution in [0.15, 0.2) is 42.5 Å². The molecule has 1 heterocycles. The average Bonchev–Trinajstić information content (AvgIpc) is 2.72. The number of hydrogen-bond acceptors (Lipinski definition) is 4. The van der Waals surface area contributed by atoms with Gasteiger partial charge in [-0.25, -0.2) is 0 Å². The molecule has 0 radical (unpaired) electrons. The van der Waals surface area contributed by atoms with Crippen LogP contribution in [-0.2, 0) is 4.79 Å². The van der Waals surface area contributed by atoms with E-state index in [0.717, 1.165) is 13.1 Å². The molecule has 1 aliphatic heterocycles. The number of carbonyl (C=O) groups is 1. The molecular formula is C23H30N2O3. The maximum Gasteiger partial charge on any atom is 0.260 e. The molecule has 0 atom stereocenters. The van der Waals surface area contributed by atoms with Crippen LogP contribution in [0.3, 0.4) is 0 Å². The number of nitrogens with zero attached hydrogens (tertiary/aromatic N) is 2. The Morgan fingerprint density at radius 1 is 1.00 bits per heavy atom. The Hall–Kier alpha value is -2.69. The predicted octanol–water partition coefficient (Wildman–Crippen LogP) is 3.85. The van der Waals surface area contributed by atoms with Crippen molar-refractivity contribution in [2.45, 2.75) is 26.7 Å². The van der Waals surface area contributed by atoms with Gasteiger partial charge in [-0.3, -0.25) is 4.79 Å². The third kappa shape index (κ3) is 4.41. The van der Waals surface area contributed by atoms with Gasteiger partial charge in [0.05, 0.1) is 7.11 Å². The van der Waals surface area contributed by atoms with Crippen LogP contribution >= 0.6 is 0 Å². The van der Waals surface area contributed by atoms with Crippen molar-refractivity contribution in [2.24, 2.45) is 0 Å². The van der Waals surface area contributed by atoms with Gasteiger partial charge in [-0.05, 0) is 36.1 Å². The second kappa shape index (κ2) is 9.00. The second-order valence-electron chi connectivity index (χ2n) is 7.47. The molecule has 28 heavy (non-hydrogen) atoms. The maximum absolute atomic E-state index is 12.6. The van der Waals surface area contributed by atoms with E-state index in [4.69, 9.17) is 9.47 Å². The van der Waals surface area contributed by atoms with Crippen molar-refractivity contribution in [1.82, 2.24) is 4.90 Å². The average molecular weight is 383 g/mol. The highest BCUT2D eigenvalue weighted by atomic mass is 16.5. The lowest BCUT2D eigenvalue weighted by atomic mass is 9.97. The van der Waals surface area contributed by atoms with Crippen LogP contribution in [0.2, 0.25) is 0 Å². The first-order valence-electron chi connectivity index (χ1n) is 9.89. The number of hydrogen-bond donors (Lipinski definition) is 0. The molecule has 5 heteroatoms. The largest absolute Gasteiger partial charge is 0.493 e. The fraction of sp³-hybridized carbons (Fsp3) is 0.435. The highest BCUT2D eigenvalue weighted by Gasteiger charge is 2.24. The molecule has 0 N–H and O–H groups in total. The van der Waals surface area contributed by atoms with E-state index in [1.807, 2.05) is 29.2 Å². The van der Waals surface area contributed by atoms with Gasteiger partial charge in [0.1, 0.15) is 0 Å². The number of anilines is 1. The van der Waals surface area contributed by atoms with E-state index in [1.165, 1.54) is 16.8 Å². The van der Waals surface area contributed by atoms with Gasteiger partial charge >= 0.3 is 0 Å². The van der Waals surface area contributed by atoms with Crippen molar-refractivity contribution in [3.63, 3.8) is 0 Å². The van der Waals surface area contributed by atoms with Crippen molar-refractivity contribution in [3.05, 3.63) is 53.6 Å². The molecule has 150 valence electrons. The number of piperazine rings is 1.